The molecule has 17 heavy (non-hydrogen) atoms. The van der Waals surface area contributed by atoms with E-state index in [-0.39, 0.29) is 18.2 Å². The quantitative estimate of drug-likeness (QED) is 0.853. The van der Waals surface area contributed by atoms with Gasteiger partial charge in [0, 0.05) is 12.6 Å². The van der Waals surface area contributed by atoms with Crippen molar-refractivity contribution in [2.24, 2.45) is 0 Å². The van der Waals surface area contributed by atoms with Gasteiger partial charge in [0.25, 0.3) is 0 Å². The Kier molecular flexibility index (Phi) is 6.12. The number of carbonyl (C=O) groups excluding carboxylic acids is 1. The normalized spacial score (nSPS) is 20.0. The minimum Gasteiger partial charge on any atom is -0.315 e. The van der Waals surface area contributed by atoms with Crippen molar-refractivity contribution < 1.29 is 4.79 Å². The van der Waals surface area contributed by atoms with E-state index in [4.69, 9.17) is 0 Å². The number of hydrogen-bond donors (Lipinski definition) is 1. The Morgan fingerprint density at radius 1 is 1.65 bits per heavy atom. The third-order valence-electron chi connectivity index (χ3n) is 3.08. The van der Waals surface area contributed by atoms with Crippen molar-refractivity contribution >= 4 is 29.5 Å². The standard InChI is InChI=1S/C12H18N2OS.ClH/c1-14(10-4-2-6-13-8-10)9-11(15)12-5-3-7-16-12;/h3,5,7,10,13H,2,4,6,8-9H2,1H3;1H/t10-;/m0./s1. The Morgan fingerprint density at radius 2 is 2.47 bits per heavy atom. The van der Waals surface area contributed by atoms with Gasteiger partial charge in [0.15, 0.2) is 5.78 Å². The van der Waals surface area contributed by atoms with Gasteiger partial charge in [-0.25, -0.2) is 0 Å². The summed E-state index contributed by atoms with van der Waals surface area (Å²) in [4.78, 5) is 15.0. The maximum atomic E-state index is 11.9. The largest absolute Gasteiger partial charge is 0.315 e. The highest BCUT2D eigenvalue weighted by atomic mass is 35.5. The summed E-state index contributed by atoms with van der Waals surface area (Å²) < 4.78 is 0. The van der Waals surface area contributed by atoms with Crippen LogP contribution >= 0.6 is 23.7 Å². The highest BCUT2D eigenvalue weighted by Gasteiger charge is 2.20. The van der Waals surface area contributed by atoms with Crippen LogP contribution in [-0.2, 0) is 0 Å². The first kappa shape index (κ1) is 14.6. The zero-order valence-corrected chi connectivity index (χ0v) is 11.6. The van der Waals surface area contributed by atoms with E-state index in [1.165, 1.54) is 24.2 Å². The molecule has 0 radical (unpaired) electrons. The lowest BCUT2D eigenvalue weighted by molar-refractivity contribution is 0.0911. The molecular weight excluding hydrogens is 256 g/mol. The average molecular weight is 275 g/mol. The number of Topliss-reactive ketones (excluding diaryl/α,β-unsaturated/α-hetero) is 1. The van der Waals surface area contributed by atoms with Crippen molar-refractivity contribution in [1.82, 2.24) is 10.2 Å². The van der Waals surface area contributed by atoms with E-state index >= 15 is 0 Å². The third-order valence-corrected chi connectivity index (χ3v) is 3.99. The minimum atomic E-state index is 0. The number of ketones is 1. The van der Waals surface area contributed by atoms with E-state index in [9.17, 15) is 4.79 Å². The number of nitrogens with zero attached hydrogens (tertiary/aromatic N) is 1. The molecule has 1 saturated heterocycles. The molecule has 0 unspecified atom stereocenters. The lowest BCUT2D eigenvalue weighted by atomic mass is 10.1. The lowest BCUT2D eigenvalue weighted by Crippen LogP contribution is -2.45. The van der Waals surface area contributed by atoms with Crippen LogP contribution in [-0.4, -0.2) is 43.4 Å². The number of rotatable bonds is 4. The molecule has 0 aromatic carbocycles. The van der Waals surface area contributed by atoms with Crippen molar-refractivity contribution in [1.29, 1.82) is 0 Å². The fourth-order valence-corrected chi connectivity index (χ4v) is 2.74. The van der Waals surface area contributed by atoms with Gasteiger partial charge < -0.3 is 5.32 Å². The molecule has 0 bridgehead atoms. The molecule has 1 N–H and O–H groups in total. The molecule has 2 heterocycles. The van der Waals surface area contributed by atoms with Crippen LogP contribution in [0, 0.1) is 0 Å². The molecule has 1 aliphatic rings. The third kappa shape index (κ3) is 4.07. The second kappa shape index (κ2) is 7.11. The molecular formula is C12H19ClN2OS. The molecule has 1 aromatic rings. The van der Waals surface area contributed by atoms with Crippen molar-refractivity contribution in [3.63, 3.8) is 0 Å². The Bertz CT molecular complexity index is 336. The SMILES string of the molecule is CN(CC(=O)c1cccs1)[C@H]1CCCNC1.Cl. The lowest BCUT2D eigenvalue weighted by Gasteiger charge is -2.31. The van der Waals surface area contributed by atoms with E-state index in [0.29, 0.717) is 12.6 Å². The number of thiophene rings is 1. The first-order valence-electron chi connectivity index (χ1n) is 5.75. The highest BCUT2D eigenvalue weighted by Crippen LogP contribution is 2.13. The molecule has 0 amide bonds. The second-order valence-corrected chi connectivity index (χ2v) is 5.26. The summed E-state index contributed by atoms with van der Waals surface area (Å²) in [6, 6.07) is 4.35. The summed E-state index contributed by atoms with van der Waals surface area (Å²) >= 11 is 1.53. The average Bonchev–Trinajstić information content (AvgIpc) is 2.83. The van der Waals surface area contributed by atoms with Crippen LogP contribution in [0.3, 0.4) is 0 Å². The molecule has 96 valence electrons. The van der Waals surface area contributed by atoms with Crippen LogP contribution < -0.4 is 5.32 Å². The molecule has 3 nitrogen and oxygen atoms in total. The Hall–Kier alpha value is -0.420. The van der Waals surface area contributed by atoms with E-state index in [1.54, 1.807) is 0 Å². The van der Waals surface area contributed by atoms with Gasteiger partial charge in [0.2, 0.25) is 0 Å². The van der Waals surface area contributed by atoms with Gasteiger partial charge in [-0.05, 0) is 37.9 Å². The number of likely N-dealkylation sites (N-methyl/N-ethyl adjacent to an activating group) is 1. The predicted octanol–water partition coefficient (Wildman–Crippen LogP) is 2.04. The van der Waals surface area contributed by atoms with Gasteiger partial charge in [-0.3, -0.25) is 9.69 Å². The zero-order chi connectivity index (χ0) is 11.4. The van der Waals surface area contributed by atoms with E-state index < -0.39 is 0 Å². The number of hydrogen-bond acceptors (Lipinski definition) is 4. The van der Waals surface area contributed by atoms with Crippen LogP contribution in [0.15, 0.2) is 17.5 Å². The molecule has 1 aliphatic heterocycles. The predicted molar refractivity (Wildman–Crippen MR) is 74.4 cm³/mol. The van der Waals surface area contributed by atoms with Gasteiger partial charge in [-0.1, -0.05) is 6.07 Å². The van der Waals surface area contributed by atoms with E-state index in [2.05, 4.69) is 10.2 Å². The van der Waals surface area contributed by atoms with Crippen LogP contribution in [0.25, 0.3) is 0 Å². The van der Waals surface area contributed by atoms with E-state index in [1.807, 2.05) is 24.6 Å². The van der Waals surface area contributed by atoms with Crippen LogP contribution in [0.2, 0.25) is 0 Å². The molecule has 0 aliphatic carbocycles. The minimum absolute atomic E-state index is 0. The first-order valence-corrected chi connectivity index (χ1v) is 6.63. The summed E-state index contributed by atoms with van der Waals surface area (Å²) in [5, 5.41) is 5.33. The smallest absolute Gasteiger partial charge is 0.186 e. The Labute approximate surface area is 113 Å². The summed E-state index contributed by atoms with van der Waals surface area (Å²) in [5.41, 5.74) is 0. The Morgan fingerprint density at radius 3 is 3.06 bits per heavy atom. The number of piperidine rings is 1. The van der Waals surface area contributed by atoms with Gasteiger partial charge >= 0.3 is 0 Å². The second-order valence-electron chi connectivity index (χ2n) is 4.32. The fourth-order valence-electron chi connectivity index (χ4n) is 2.08. The van der Waals surface area contributed by atoms with Crippen molar-refractivity contribution in [2.45, 2.75) is 18.9 Å². The van der Waals surface area contributed by atoms with Gasteiger partial charge in [-0.2, -0.15) is 0 Å². The summed E-state index contributed by atoms with van der Waals surface area (Å²) in [7, 11) is 2.04. The van der Waals surface area contributed by atoms with Crippen molar-refractivity contribution in [3.05, 3.63) is 22.4 Å². The number of nitrogens with one attached hydrogen (secondary N) is 1. The maximum absolute atomic E-state index is 11.9. The van der Waals surface area contributed by atoms with Crippen molar-refractivity contribution in [3.8, 4) is 0 Å². The van der Waals surface area contributed by atoms with Gasteiger partial charge in [-0.15, -0.1) is 23.7 Å². The van der Waals surface area contributed by atoms with Gasteiger partial charge in [0.05, 0.1) is 11.4 Å². The molecule has 1 aromatic heterocycles. The fraction of sp³-hybridized carbons (Fsp3) is 0.583. The molecule has 1 fully saturated rings. The first-order chi connectivity index (χ1) is 7.77. The van der Waals surface area contributed by atoms with Crippen molar-refractivity contribution in [2.75, 3.05) is 26.7 Å². The molecule has 5 heteroatoms. The van der Waals surface area contributed by atoms with Crippen LogP contribution in [0.5, 0.6) is 0 Å². The summed E-state index contributed by atoms with van der Waals surface area (Å²) in [6.45, 7) is 2.66. The summed E-state index contributed by atoms with van der Waals surface area (Å²) in [6.07, 6.45) is 2.41. The van der Waals surface area contributed by atoms with Crippen LogP contribution in [0.4, 0.5) is 0 Å². The van der Waals surface area contributed by atoms with Crippen LogP contribution in [0.1, 0.15) is 22.5 Å². The molecule has 0 spiro atoms. The Balaban J connectivity index is 0.00000144. The number of halogens is 1. The maximum Gasteiger partial charge on any atom is 0.186 e. The molecule has 0 saturated carbocycles. The molecule has 1 atom stereocenters. The monoisotopic (exact) mass is 274 g/mol. The zero-order valence-electron chi connectivity index (χ0n) is 10.0. The molecule has 2 rings (SSSR count). The highest BCUT2D eigenvalue weighted by molar-refractivity contribution is 7.12. The topological polar surface area (TPSA) is 32.3 Å². The van der Waals surface area contributed by atoms with Gasteiger partial charge in [0.1, 0.15) is 0 Å². The number of carbonyl (C=O) groups is 1. The van der Waals surface area contributed by atoms with E-state index in [0.717, 1.165) is 18.0 Å². The summed E-state index contributed by atoms with van der Waals surface area (Å²) in [5.74, 6) is 0.239.